The number of nitrogens with one attached hydrogen (secondary N) is 4. The second-order valence-corrected chi connectivity index (χ2v) is 24.3. The van der Waals surface area contributed by atoms with Crippen LogP contribution in [0.25, 0.3) is 0 Å². The monoisotopic (exact) mass is 1150 g/mol. The van der Waals surface area contributed by atoms with Crippen LogP contribution in [0.4, 0.5) is 46.0 Å². The van der Waals surface area contributed by atoms with Crippen LogP contribution < -0.4 is 30.7 Å². The Morgan fingerprint density at radius 1 is 0.526 bits per heavy atom. The highest BCUT2D eigenvalue weighted by atomic mass is 32.2. The molecule has 420 valence electrons. The molecule has 0 saturated heterocycles. The van der Waals surface area contributed by atoms with Gasteiger partial charge in [0.15, 0.2) is 51.0 Å². The molecule has 2 aromatic heterocycles. The smallest absolute Gasteiger partial charge is 0.199 e. The molecule has 0 atom stereocenters. The number of sulfone groups is 4. The zero-order valence-corrected chi connectivity index (χ0v) is 47.9. The SMILES string of the molecule is C=CS(=O)(=O)CCNc1nc(NCCCOC)c(C#N)c(C)c1N=Nc1cc(C)c(S(=O)(=O)C=C)cc1OC.C=CS(=O)(=O)CCNc1nc(NCCCOC)c(N=Nc2cc(C)c(S(=O)(=O)C=C)cc2OC)c(C)c1C#N. The first kappa shape index (κ1) is 64.7. The summed E-state index contributed by atoms with van der Waals surface area (Å²) in [7, 11) is -8.44. The summed E-state index contributed by atoms with van der Waals surface area (Å²) in [5.74, 6) is 0.855. The molecule has 4 N–H and O–H groups in total. The molecule has 24 nitrogen and oxygen atoms in total. The normalized spacial score (nSPS) is 11.7. The van der Waals surface area contributed by atoms with Crippen LogP contribution >= 0.6 is 0 Å². The Balaban J connectivity index is 0.000000410. The molecule has 0 saturated carbocycles. The van der Waals surface area contributed by atoms with Crippen LogP contribution in [0.15, 0.2) is 102 Å². The first-order valence-corrected chi connectivity index (χ1v) is 29.9. The van der Waals surface area contributed by atoms with Gasteiger partial charge in [-0.05, 0) is 63.8 Å². The highest BCUT2D eigenvalue weighted by Crippen LogP contribution is 2.40. The van der Waals surface area contributed by atoms with Crippen LogP contribution in [0.3, 0.4) is 0 Å². The minimum absolute atomic E-state index is 0.00509. The second-order valence-electron chi connectivity index (χ2n) is 16.4. The molecular weight excluding hydrogens is 1090 g/mol. The fourth-order valence-corrected chi connectivity index (χ4v) is 9.86. The molecule has 78 heavy (non-hydrogen) atoms. The summed E-state index contributed by atoms with van der Waals surface area (Å²) in [5.41, 5.74) is 3.09. The Morgan fingerprint density at radius 3 is 1.19 bits per heavy atom. The van der Waals surface area contributed by atoms with Crippen molar-refractivity contribution < 1.29 is 52.6 Å². The highest BCUT2D eigenvalue weighted by molar-refractivity contribution is 7.95. The van der Waals surface area contributed by atoms with Crippen molar-refractivity contribution in [2.45, 2.75) is 50.3 Å². The lowest BCUT2D eigenvalue weighted by Crippen LogP contribution is -2.16. The summed E-state index contributed by atoms with van der Waals surface area (Å²) in [6.45, 7) is 21.8. The van der Waals surface area contributed by atoms with Gasteiger partial charge in [0.25, 0.3) is 0 Å². The van der Waals surface area contributed by atoms with Gasteiger partial charge in [0.05, 0.1) is 46.6 Å². The number of nitrogens with zero attached hydrogens (tertiary/aromatic N) is 8. The van der Waals surface area contributed by atoms with E-state index in [1.54, 1.807) is 41.9 Å². The van der Waals surface area contributed by atoms with Crippen LogP contribution in [-0.2, 0) is 48.8 Å². The molecule has 0 unspecified atom stereocenters. The minimum atomic E-state index is -3.72. The molecular formula is C50H64N12O12S4. The van der Waals surface area contributed by atoms with Crippen LogP contribution in [0.2, 0.25) is 0 Å². The maximum atomic E-state index is 12.3. The molecule has 0 amide bonds. The molecule has 4 aromatic rings. The number of azo groups is 2. The Bertz CT molecular complexity index is 3480. The number of ether oxygens (including phenoxy) is 4. The molecule has 0 fully saturated rings. The minimum Gasteiger partial charge on any atom is -0.494 e. The van der Waals surface area contributed by atoms with Crippen LogP contribution in [-0.4, -0.2) is 123 Å². The van der Waals surface area contributed by atoms with Gasteiger partial charge in [0, 0.05) is 98.5 Å². The zero-order valence-electron chi connectivity index (χ0n) is 44.6. The Hall–Kier alpha value is -7.60. The van der Waals surface area contributed by atoms with E-state index < -0.39 is 39.3 Å². The molecule has 0 spiro atoms. The van der Waals surface area contributed by atoms with Gasteiger partial charge in [-0.2, -0.15) is 10.5 Å². The van der Waals surface area contributed by atoms with E-state index in [1.807, 2.05) is 0 Å². The fourth-order valence-electron chi connectivity index (χ4n) is 6.84. The molecule has 2 aromatic carbocycles. The number of rotatable bonds is 30. The summed E-state index contributed by atoms with van der Waals surface area (Å²) in [5, 5.41) is 52.5. The third-order valence-electron chi connectivity index (χ3n) is 11.1. The highest BCUT2D eigenvalue weighted by Gasteiger charge is 2.23. The molecule has 0 aliphatic heterocycles. The van der Waals surface area contributed by atoms with Crippen molar-refractivity contribution in [1.82, 2.24) is 9.97 Å². The summed E-state index contributed by atoms with van der Waals surface area (Å²) < 4.78 is 118. The lowest BCUT2D eigenvalue weighted by Gasteiger charge is -2.16. The first-order valence-electron chi connectivity index (χ1n) is 23.4. The van der Waals surface area contributed by atoms with Crippen molar-refractivity contribution >= 4 is 85.4 Å². The first-order chi connectivity index (χ1) is 36.9. The number of aryl methyl sites for hydroxylation is 2. The number of aromatic nitrogens is 2. The molecule has 28 heteroatoms. The van der Waals surface area contributed by atoms with Crippen molar-refractivity contribution in [2.75, 3.05) is 101 Å². The van der Waals surface area contributed by atoms with Crippen molar-refractivity contribution in [1.29, 1.82) is 10.5 Å². The largest absolute Gasteiger partial charge is 0.494 e. The Labute approximate surface area is 456 Å². The standard InChI is InChI=1S/2C25H32N6O6S2/c1-7-38(32,33)13-11-28-24-19(16-26)18(4)23(25(29-24)27-10-9-12-36-5)31-30-20-14-17(3)22(15-21(20)37-6)39(34,35)8-2;1-7-38(32,33)13-11-28-25-23(18(4)19(16-26)24(29-25)27-10-9-12-36-5)31-30-20-14-17(3)22(15-21(20)37-6)39(34,35)8-2/h2*7-8,14-15H,1-2,9-13H2,3-6H3,(H2,27,28,29). The van der Waals surface area contributed by atoms with Crippen LogP contribution in [0.5, 0.6) is 11.5 Å². The molecule has 4 rings (SSSR count). The van der Waals surface area contributed by atoms with Crippen molar-refractivity contribution in [3.63, 3.8) is 0 Å². The van der Waals surface area contributed by atoms with E-state index in [1.165, 1.54) is 38.5 Å². The van der Waals surface area contributed by atoms with Crippen molar-refractivity contribution in [3.8, 4) is 23.6 Å². The van der Waals surface area contributed by atoms with Crippen molar-refractivity contribution in [3.05, 3.63) is 106 Å². The number of anilines is 4. The average molecular weight is 1150 g/mol. The topological polar surface area (TPSA) is 344 Å². The maximum Gasteiger partial charge on any atom is 0.199 e. The van der Waals surface area contributed by atoms with E-state index in [2.05, 4.69) is 90.1 Å². The predicted octanol–water partition coefficient (Wildman–Crippen LogP) is 8.66. The third-order valence-corrected chi connectivity index (χ3v) is 16.6. The number of nitriles is 2. The third kappa shape index (κ3) is 17.7. The Kier molecular flexibility index (Phi) is 24.7. The van der Waals surface area contributed by atoms with Crippen LogP contribution in [0, 0.1) is 50.4 Å². The quantitative estimate of drug-likeness (QED) is 0.0280. The van der Waals surface area contributed by atoms with E-state index in [4.69, 9.17) is 18.9 Å². The predicted molar refractivity (Wildman–Crippen MR) is 301 cm³/mol. The summed E-state index contributed by atoms with van der Waals surface area (Å²) in [4.78, 5) is 9.05. The summed E-state index contributed by atoms with van der Waals surface area (Å²) in [6.07, 6.45) is 1.32. The summed E-state index contributed by atoms with van der Waals surface area (Å²) >= 11 is 0. The number of hydrogen-bond donors (Lipinski definition) is 4. The Morgan fingerprint density at radius 2 is 0.872 bits per heavy atom. The van der Waals surface area contributed by atoms with E-state index >= 15 is 0 Å². The van der Waals surface area contributed by atoms with Gasteiger partial charge in [0.1, 0.15) is 58.0 Å². The van der Waals surface area contributed by atoms with E-state index in [9.17, 15) is 44.2 Å². The molecule has 0 aliphatic carbocycles. The van der Waals surface area contributed by atoms with E-state index in [0.717, 1.165) is 21.6 Å². The molecule has 0 aliphatic rings. The second kappa shape index (κ2) is 29.8. The maximum absolute atomic E-state index is 12.3. The van der Waals surface area contributed by atoms with Crippen LogP contribution in [0.1, 0.15) is 46.2 Å². The molecule has 0 radical (unpaired) electrons. The average Bonchev–Trinajstić information content (AvgIpc) is 3.41. The number of benzene rings is 2. The van der Waals surface area contributed by atoms with Gasteiger partial charge < -0.3 is 40.2 Å². The number of hydrogen-bond acceptors (Lipinski definition) is 24. The fraction of sp³-hybridized carbons (Fsp3) is 0.360. The van der Waals surface area contributed by atoms with Gasteiger partial charge >= 0.3 is 0 Å². The molecule has 2 heterocycles. The van der Waals surface area contributed by atoms with Crippen molar-refractivity contribution in [2.24, 2.45) is 20.5 Å². The van der Waals surface area contributed by atoms with Gasteiger partial charge in [-0.3, -0.25) is 0 Å². The molecule has 0 bridgehead atoms. The van der Waals surface area contributed by atoms with Gasteiger partial charge in [0.2, 0.25) is 0 Å². The van der Waals surface area contributed by atoms with E-state index in [-0.39, 0.29) is 91.4 Å². The number of pyridine rings is 2. The van der Waals surface area contributed by atoms with E-state index in [0.29, 0.717) is 73.0 Å². The lowest BCUT2D eigenvalue weighted by atomic mass is 10.1. The summed E-state index contributed by atoms with van der Waals surface area (Å²) in [6, 6.07) is 9.92. The zero-order chi connectivity index (χ0) is 58.4. The van der Waals surface area contributed by atoms with Gasteiger partial charge in [-0.1, -0.05) is 26.3 Å². The van der Waals surface area contributed by atoms with Gasteiger partial charge in [-0.25, -0.2) is 43.6 Å². The lowest BCUT2D eigenvalue weighted by molar-refractivity contribution is 0.197. The number of methoxy groups -OCH3 is 4. The van der Waals surface area contributed by atoms with Gasteiger partial charge in [-0.15, -0.1) is 20.5 Å².